The molecule has 0 atom stereocenters. The molecule has 2 N–H and O–H groups in total. The molecule has 0 aliphatic heterocycles. The van der Waals surface area contributed by atoms with E-state index >= 15 is 0 Å². The second-order valence-electron chi connectivity index (χ2n) is 3.79. The van der Waals surface area contributed by atoms with Gasteiger partial charge in [0, 0.05) is 16.8 Å². The number of carbonyl (C=O) groups is 2. The van der Waals surface area contributed by atoms with Crippen molar-refractivity contribution in [1.29, 1.82) is 0 Å². The van der Waals surface area contributed by atoms with Gasteiger partial charge in [-0.05, 0) is 48.5 Å². The Morgan fingerprint density at radius 2 is 1.17 bits per heavy atom. The normalized spacial score (nSPS) is 10.1. The Hall–Kier alpha value is -2.49. The summed E-state index contributed by atoms with van der Waals surface area (Å²) in [5, 5.41) is 0. The van der Waals surface area contributed by atoms with Gasteiger partial charge in [-0.3, -0.25) is 9.59 Å². The third kappa shape index (κ3) is 2.43. The Kier molecular flexibility index (Phi) is 3.19. The van der Waals surface area contributed by atoms with Crippen molar-refractivity contribution in [2.24, 2.45) is 0 Å². The van der Waals surface area contributed by atoms with Crippen LogP contribution in [-0.2, 0) is 0 Å². The van der Waals surface area contributed by atoms with Crippen molar-refractivity contribution in [2.75, 3.05) is 5.73 Å². The minimum Gasteiger partial charge on any atom is -0.399 e. The van der Waals surface area contributed by atoms with Crippen LogP contribution in [0.15, 0.2) is 48.5 Å². The summed E-state index contributed by atoms with van der Waals surface area (Å²) in [6.45, 7) is 0. The van der Waals surface area contributed by atoms with Crippen molar-refractivity contribution in [1.82, 2.24) is 0 Å². The maximum Gasteiger partial charge on any atom is 0.233 e. The first-order chi connectivity index (χ1) is 8.58. The highest BCUT2D eigenvalue weighted by atomic mass is 19.1. The molecule has 0 unspecified atom stereocenters. The van der Waals surface area contributed by atoms with Crippen molar-refractivity contribution in [3.63, 3.8) is 0 Å². The van der Waals surface area contributed by atoms with Crippen LogP contribution in [0, 0.1) is 5.82 Å². The van der Waals surface area contributed by atoms with E-state index in [0.29, 0.717) is 5.69 Å². The molecule has 0 saturated heterocycles. The molecule has 3 nitrogen and oxygen atoms in total. The van der Waals surface area contributed by atoms with Crippen LogP contribution in [0.5, 0.6) is 0 Å². The summed E-state index contributed by atoms with van der Waals surface area (Å²) in [7, 11) is 0. The Bertz CT molecular complexity index is 533. The van der Waals surface area contributed by atoms with Crippen molar-refractivity contribution in [3.8, 4) is 0 Å². The summed E-state index contributed by atoms with van der Waals surface area (Å²) in [5.74, 6) is -1.76. The Labute approximate surface area is 103 Å². The molecule has 0 aliphatic carbocycles. The van der Waals surface area contributed by atoms with Crippen LogP contribution < -0.4 is 5.73 Å². The lowest BCUT2D eigenvalue weighted by atomic mass is 10.0. The second kappa shape index (κ2) is 4.79. The molecule has 4 heteroatoms. The first kappa shape index (κ1) is 12.0. The van der Waals surface area contributed by atoms with Gasteiger partial charge in [-0.15, -0.1) is 0 Å². The summed E-state index contributed by atoms with van der Waals surface area (Å²) < 4.78 is 12.7. The molecule has 2 rings (SSSR count). The van der Waals surface area contributed by atoms with E-state index in [2.05, 4.69) is 0 Å². The van der Waals surface area contributed by atoms with E-state index < -0.39 is 17.4 Å². The first-order valence-corrected chi connectivity index (χ1v) is 5.28. The van der Waals surface area contributed by atoms with E-state index in [-0.39, 0.29) is 11.1 Å². The molecule has 0 amide bonds. The zero-order chi connectivity index (χ0) is 13.1. The van der Waals surface area contributed by atoms with E-state index in [4.69, 9.17) is 5.73 Å². The minimum atomic E-state index is -0.667. The summed E-state index contributed by atoms with van der Waals surface area (Å²) in [5.41, 5.74) is 6.43. The van der Waals surface area contributed by atoms with E-state index in [1.54, 1.807) is 12.1 Å². The lowest BCUT2D eigenvalue weighted by Crippen LogP contribution is -2.14. The molecule has 18 heavy (non-hydrogen) atoms. The molecule has 0 aromatic heterocycles. The molecule has 0 bridgehead atoms. The van der Waals surface area contributed by atoms with Crippen LogP contribution in [0.4, 0.5) is 10.1 Å². The van der Waals surface area contributed by atoms with Gasteiger partial charge in [0.1, 0.15) is 5.82 Å². The number of rotatable bonds is 3. The lowest BCUT2D eigenvalue weighted by molar-refractivity contribution is 0.0817. The standard InChI is InChI=1S/C14H10FNO2/c15-11-5-1-9(2-6-11)13(17)14(18)10-3-7-12(16)8-4-10/h1-8H,16H2. The van der Waals surface area contributed by atoms with Crippen molar-refractivity contribution >= 4 is 17.3 Å². The molecular formula is C14H10FNO2. The predicted octanol–water partition coefficient (Wildman–Crippen LogP) is 2.47. The summed E-state index contributed by atoms with van der Waals surface area (Å²) >= 11 is 0. The topological polar surface area (TPSA) is 60.2 Å². The smallest absolute Gasteiger partial charge is 0.233 e. The minimum absolute atomic E-state index is 0.165. The number of hydrogen-bond acceptors (Lipinski definition) is 3. The van der Waals surface area contributed by atoms with E-state index in [0.717, 1.165) is 12.1 Å². The van der Waals surface area contributed by atoms with Crippen molar-refractivity contribution in [2.45, 2.75) is 0 Å². The number of ketones is 2. The highest BCUT2D eigenvalue weighted by molar-refractivity contribution is 6.49. The summed E-state index contributed by atoms with van der Waals surface area (Å²) in [6, 6.07) is 10.9. The number of nitrogen functional groups attached to an aromatic ring is 1. The lowest BCUT2D eigenvalue weighted by Gasteiger charge is -2.01. The molecule has 0 saturated carbocycles. The van der Waals surface area contributed by atoms with E-state index in [9.17, 15) is 14.0 Å². The second-order valence-corrected chi connectivity index (χ2v) is 3.79. The van der Waals surface area contributed by atoms with Gasteiger partial charge in [0.2, 0.25) is 11.6 Å². The predicted molar refractivity (Wildman–Crippen MR) is 65.9 cm³/mol. The van der Waals surface area contributed by atoms with Crippen LogP contribution in [0.2, 0.25) is 0 Å². The monoisotopic (exact) mass is 243 g/mol. The highest BCUT2D eigenvalue weighted by Gasteiger charge is 2.17. The Morgan fingerprint density at radius 1 is 0.778 bits per heavy atom. The van der Waals surface area contributed by atoms with Crippen LogP contribution in [-0.4, -0.2) is 11.6 Å². The summed E-state index contributed by atoms with van der Waals surface area (Å²) in [6.07, 6.45) is 0. The van der Waals surface area contributed by atoms with Crippen LogP contribution in [0.25, 0.3) is 0 Å². The molecule has 2 aromatic carbocycles. The van der Waals surface area contributed by atoms with Crippen LogP contribution >= 0.6 is 0 Å². The van der Waals surface area contributed by atoms with Gasteiger partial charge >= 0.3 is 0 Å². The zero-order valence-corrected chi connectivity index (χ0v) is 9.39. The number of Topliss-reactive ketones (excluding diaryl/α,β-unsaturated/α-hetero) is 2. The zero-order valence-electron chi connectivity index (χ0n) is 9.39. The third-order valence-electron chi connectivity index (χ3n) is 2.49. The molecular weight excluding hydrogens is 233 g/mol. The summed E-state index contributed by atoms with van der Waals surface area (Å²) in [4.78, 5) is 23.7. The number of carbonyl (C=O) groups excluding carboxylic acids is 2. The van der Waals surface area contributed by atoms with Gasteiger partial charge in [-0.25, -0.2) is 4.39 Å². The van der Waals surface area contributed by atoms with Gasteiger partial charge in [-0.2, -0.15) is 0 Å². The largest absolute Gasteiger partial charge is 0.399 e. The fraction of sp³-hybridized carbons (Fsp3) is 0. The maximum atomic E-state index is 12.7. The van der Waals surface area contributed by atoms with Crippen molar-refractivity contribution < 1.29 is 14.0 Å². The number of nitrogens with two attached hydrogens (primary N) is 1. The SMILES string of the molecule is Nc1ccc(C(=O)C(=O)c2ccc(F)cc2)cc1. The maximum absolute atomic E-state index is 12.7. The van der Waals surface area contributed by atoms with Crippen molar-refractivity contribution in [3.05, 3.63) is 65.5 Å². The molecule has 0 spiro atoms. The quantitative estimate of drug-likeness (QED) is 0.511. The highest BCUT2D eigenvalue weighted by Crippen LogP contribution is 2.11. The number of benzene rings is 2. The molecule has 0 radical (unpaired) electrons. The Balaban J connectivity index is 2.26. The van der Waals surface area contributed by atoms with Gasteiger partial charge in [0.15, 0.2) is 0 Å². The van der Waals surface area contributed by atoms with Crippen LogP contribution in [0.3, 0.4) is 0 Å². The van der Waals surface area contributed by atoms with Gasteiger partial charge in [0.25, 0.3) is 0 Å². The fourth-order valence-electron chi connectivity index (χ4n) is 1.50. The molecule has 0 fully saturated rings. The average molecular weight is 243 g/mol. The first-order valence-electron chi connectivity index (χ1n) is 5.28. The third-order valence-corrected chi connectivity index (χ3v) is 2.49. The number of anilines is 1. The number of halogens is 1. The molecule has 2 aromatic rings. The van der Waals surface area contributed by atoms with Gasteiger partial charge in [0.05, 0.1) is 0 Å². The van der Waals surface area contributed by atoms with Crippen LogP contribution in [0.1, 0.15) is 20.7 Å². The van der Waals surface area contributed by atoms with Gasteiger partial charge in [-0.1, -0.05) is 0 Å². The average Bonchev–Trinajstić information content (AvgIpc) is 2.39. The van der Waals surface area contributed by atoms with Gasteiger partial charge < -0.3 is 5.73 Å². The molecule has 0 heterocycles. The van der Waals surface area contributed by atoms with E-state index in [1.807, 2.05) is 0 Å². The molecule has 0 aliphatic rings. The number of hydrogen-bond donors (Lipinski definition) is 1. The Morgan fingerprint density at radius 3 is 1.61 bits per heavy atom. The fourth-order valence-corrected chi connectivity index (χ4v) is 1.50. The van der Waals surface area contributed by atoms with E-state index in [1.165, 1.54) is 24.3 Å². The molecule has 90 valence electrons.